The van der Waals surface area contributed by atoms with E-state index >= 15 is 0 Å². The van der Waals surface area contributed by atoms with Gasteiger partial charge in [-0.05, 0) is 6.07 Å². The molecule has 0 unspecified atom stereocenters. The lowest BCUT2D eigenvalue weighted by Gasteiger charge is -2.13. The topological polar surface area (TPSA) is 44.8 Å². The fourth-order valence-electron chi connectivity index (χ4n) is 1.23. The summed E-state index contributed by atoms with van der Waals surface area (Å²) in [4.78, 5) is 10.6. The van der Waals surface area contributed by atoms with Crippen LogP contribution in [0.1, 0.15) is 10.4 Å². The Kier molecular flexibility index (Phi) is 3.49. The Labute approximate surface area is 86.6 Å². The van der Waals surface area contributed by atoms with E-state index in [9.17, 15) is 9.18 Å². The van der Waals surface area contributed by atoms with E-state index in [4.69, 9.17) is 14.2 Å². The standard InChI is InChI=1S/C10H11FO4/c1-13-7-4-6(5-12)8(11)10(15-3)9(7)14-2/h4-5H,1-3H3. The molecule has 1 aromatic rings. The Morgan fingerprint density at radius 3 is 2.13 bits per heavy atom. The average Bonchev–Trinajstić information content (AvgIpc) is 2.28. The van der Waals surface area contributed by atoms with Gasteiger partial charge in [-0.1, -0.05) is 0 Å². The number of carbonyl (C=O) groups is 1. The van der Waals surface area contributed by atoms with E-state index < -0.39 is 5.82 Å². The van der Waals surface area contributed by atoms with Crippen LogP contribution in [0.2, 0.25) is 0 Å². The number of ether oxygens (including phenoxy) is 3. The van der Waals surface area contributed by atoms with Crippen LogP contribution in [0.3, 0.4) is 0 Å². The Morgan fingerprint density at radius 2 is 1.73 bits per heavy atom. The van der Waals surface area contributed by atoms with Crippen molar-refractivity contribution >= 4 is 6.29 Å². The summed E-state index contributed by atoms with van der Waals surface area (Å²) in [6.45, 7) is 0. The van der Waals surface area contributed by atoms with Crippen molar-refractivity contribution in [1.82, 2.24) is 0 Å². The molecule has 0 amide bonds. The molecule has 0 spiro atoms. The number of hydrogen-bond acceptors (Lipinski definition) is 4. The van der Waals surface area contributed by atoms with E-state index in [0.717, 1.165) is 0 Å². The molecule has 0 heterocycles. The fourth-order valence-corrected chi connectivity index (χ4v) is 1.23. The second kappa shape index (κ2) is 4.63. The Morgan fingerprint density at radius 1 is 1.13 bits per heavy atom. The molecule has 0 radical (unpaired) electrons. The van der Waals surface area contributed by atoms with E-state index in [-0.39, 0.29) is 22.8 Å². The summed E-state index contributed by atoms with van der Waals surface area (Å²) in [5.74, 6) is -0.523. The molecule has 4 nitrogen and oxygen atoms in total. The summed E-state index contributed by atoms with van der Waals surface area (Å²) in [7, 11) is 4.04. The highest BCUT2D eigenvalue weighted by Crippen LogP contribution is 2.40. The molecule has 0 aliphatic heterocycles. The van der Waals surface area contributed by atoms with Crippen molar-refractivity contribution in [3.63, 3.8) is 0 Å². The molecule has 0 fully saturated rings. The zero-order valence-corrected chi connectivity index (χ0v) is 8.67. The minimum atomic E-state index is -0.759. The summed E-state index contributed by atoms with van der Waals surface area (Å²) in [6.07, 6.45) is 0.389. The van der Waals surface area contributed by atoms with E-state index in [0.29, 0.717) is 6.29 Å². The molecular formula is C10H11FO4. The van der Waals surface area contributed by atoms with Gasteiger partial charge in [0.25, 0.3) is 0 Å². The third-order valence-corrected chi connectivity index (χ3v) is 1.92. The number of rotatable bonds is 4. The van der Waals surface area contributed by atoms with Gasteiger partial charge in [0.15, 0.2) is 17.9 Å². The molecule has 0 N–H and O–H groups in total. The van der Waals surface area contributed by atoms with Crippen molar-refractivity contribution in [2.24, 2.45) is 0 Å². The van der Waals surface area contributed by atoms with Crippen molar-refractivity contribution in [1.29, 1.82) is 0 Å². The third-order valence-electron chi connectivity index (χ3n) is 1.92. The second-order valence-corrected chi connectivity index (χ2v) is 2.67. The van der Waals surface area contributed by atoms with Crippen molar-refractivity contribution in [3.05, 3.63) is 17.4 Å². The minimum absolute atomic E-state index is 0.128. The van der Waals surface area contributed by atoms with E-state index in [1.54, 1.807) is 0 Å². The van der Waals surface area contributed by atoms with Gasteiger partial charge < -0.3 is 14.2 Å². The first-order chi connectivity index (χ1) is 7.19. The molecule has 82 valence electrons. The highest BCUT2D eigenvalue weighted by molar-refractivity contribution is 5.79. The van der Waals surface area contributed by atoms with Gasteiger partial charge in [-0.25, -0.2) is 4.39 Å². The highest BCUT2D eigenvalue weighted by atomic mass is 19.1. The van der Waals surface area contributed by atoms with E-state index in [2.05, 4.69) is 0 Å². The van der Waals surface area contributed by atoms with Gasteiger partial charge in [0, 0.05) is 0 Å². The predicted molar refractivity (Wildman–Crippen MR) is 51.4 cm³/mol. The van der Waals surface area contributed by atoms with Crippen LogP contribution in [-0.4, -0.2) is 27.6 Å². The van der Waals surface area contributed by atoms with Gasteiger partial charge in [0.05, 0.1) is 26.9 Å². The maximum absolute atomic E-state index is 13.5. The quantitative estimate of drug-likeness (QED) is 0.715. The maximum atomic E-state index is 13.5. The van der Waals surface area contributed by atoms with Crippen molar-refractivity contribution < 1.29 is 23.4 Å². The van der Waals surface area contributed by atoms with Gasteiger partial charge in [0.2, 0.25) is 11.5 Å². The normalized spacial score (nSPS) is 9.60. The van der Waals surface area contributed by atoms with Gasteiger partial charge in [-0.3, -0.25) is 4.79 Å². The van der Waals surface area contributed by atoms with E-state index in [1.807, 2.05) is 0 Å². The predicted octanol–water partition coefficient (Wildman–Crippen LogP) is 1.66. The lowest BCUT2D eigenvalue weighted by molar-refractivity contribution is 0.111. The van der Waals surface area contributed by atoms with Crippen LogP contribution >= 0.6 is 0 Å². The molecule has 0 aliphatic carbocycles. The fraction of sp³-hybridized carbons (Fsp3) is 0.300. The number of benzene rings is 1. The number of aldehydes is 1. The Bertz CT molecular complexity index is 376. The Balaban J connectivity index is 3.49. The summed E-state index contributed by atoms with van der Waals surface area (Å²) in [5.41, 5.74) is -0.135. The zero-order chi connectivity index (χ0) is 11.4. The van der Waals surface area contributed by atoms with Gasteiger partial charge in [-0.2, -0.15) is 0 Å². The summed E-state index contributed by atoms with van der Waals surface area (Å²) >= 11 is 0. The molecule has 15 heavy (non-hydrogen) atoms. The van der Waals surface area contributed by atoms with E-state index in [1.165, 1.54) is 27.4 Å². The van der Waals surface area contributed by atoms with Gasteiger partial charge in [0.1, 0.15) is 0 Å². The first kappa shape index (κ1) is 11.3. The average molecular weight is 214 g/mol. The zero-order valence-electron chi connectivity index (χ0n) is 8.67. The molecular weight excluding hydrogens is 203 g/mol. The number of methoxy groups -OCH3 is 3. The smallest absolute Gasteiger partial charge is 0.206 e. The summed E-state index contributed by atoms with van der Waals surface area (Å²) in [6, 6.07) is 1.25. The molecule has 0 atom stereocenters. The maximum Gasteiger partial charge on any atom is 0.206 e. The first-order valence-electron chi connectivity index (χ1n) is 4.13. The van der Waals surface area contributed by atoms with Crippen molar-refractivity contribution in [2.75, 3.05) is 21.3 Å². The molecule has 0 aromatic heterocycles. The number of halogens is 1. The third kappa shape index (κ3) is 1.86. The highest BCUT2D eigenvalue weighted by Gasteiger charge is 2.20. The molecule has 0 bridgehead atoms. The molecule has 0 aliphatic rings. The number of carbonyl (C=O) groups excluding carboxylic acids is 1. The Hall–Kier alpha value is -1.78. The second-order valence-electron chi connectivity index (χ2n) is 2.67. The molecule has 5 heteroatoms. The monoisotopic (exact) mass is 214 g/mol. The van der Waals surface area contributed by atoms with Crippen LogP contribution in [0.15, 0.2) is 6.07 Å². The SMILES string of the molecule is COc1cc(C=O)c(F)c(OC)c1OC. The molecule has 0 saturated heterocycles. The molecule has 1 rings (SSSR count). The minimum Gasteiger partial charge on any atom is -0.493 e. The van der Waals surface area contributed by atoms with Crippen molar-refractivity contribution in [3.8, 4) is 17.2 Å². The van der Waals surface area contributed by atoms with Crippen LogP contribution in [0, 0.1) is 5.82 Å². The molecule has 1 aromatic carbocycles. The van der Waals surface area contributed by atoms with Gasteiger partial charge >= 0.3 is 0 Å². The lowest BCUT2D eigenvalue weighted by atomic mass is 10.2. The van der Waals surface area contributed by atoms with Crippen LogP contribution < -0.4 is 14.2 Å². The molecule has 0 saturated carbocycles. The van der Waals surface area contributed by atoms with Crippen LogP contribution in [0.25, 0.3) is 0 Å². The summed E-state index contributed by atoms with van der Waals surface area (Å²) in [5, 5.41) is 0. The van der Waals surface area contributed by atoms with Crippen LogP contribution in [-0.2, 0) is 0 Å². The number of hydrogen-bond donors (Lipinski definition) is 0. The summed E-state index contributed by atoms with van der Waals surface area (Å²) < 4.78 is 28.2. The lowest BCUT2D eigenvalue weighted by Crippen LogP contribution is -2.00. The largest absolute Gasteiger partial charge is 0.493 e. The van der Waals surface area contributed by atoms with Crippen LogP contribution in [0.5, 0.6) is 17.2 Å². The first-order valence-corrected chi connectivity index (χ1v) is 4.13. The van der Waals surface area contributed by atoms with Crippen molar-refractivity contribution in [2.45, 2.75) is 0 Å². The van der Waals surface area contributed by atoms with Crippen LogP contribution in [0.4, 0.5) is 4.39 Å². The van der Waals surface area contributed by atoms with Gasteiger partial charge in [-0.15, -0.1) is 0 Å².